The van der Waals surface area contributed by atoms with E-state index in [0.29, 0.717) is 25.1 Å². The Morgan fingerprint density at radius 1 is 0.923 bits per heavy atom. The number of aromatic nitrogens is 2. The number of H-pyrrole nitrogens is 1. The Labute approximate surface area is 301 Å². The van der Waals surface area contributed by atoms with Crippen LogP contribution in [0.4, 0.5) is 0 Å². The number of carboxylic acid groups (broad SMARTS) is 2. The van der Waals surface area contributed by atoms with E-state index in [0.717, 1.165) is 0 Å². The van der Waals surface area contributed by atoms with E-state index in [1.807, 2.05) is 0 Å². The minimum atomic E-state index is -1.48. The molecule has 1 aliphatic rings. The number of likely N-dealkylation sites (tertiary alicyclic amines) is 1. The van der Waals surface area contributed by atoms with Gasteiger partial charge in [0.05, 0.1) is 12.4 Å². The van der Waals surface area contributed by atoms with Crippen molar-refractivity contribution >= 4 is 47.4 Å². The van der Waals surface area contributed by atoms with Crippen molar-refractivity contribution in [3.8, 4) is 0 Å². The molecule has 0 unspecified atom stereocenters. The number of rotatable bonds is 21. The van der Waals surface area contributed by atoms with E-state index in [2.05, 4.69) is 36.2 Å². The van der Waals surface area contributed by atoms with Crippen LogP contribution in [0, 0.1) is 11.8 Å². The van der Waals surface area contributed by atoms with E-state index in [1.165, 1.54) is 17.4 Å². The number of imidazole rings is 1. The van der Waals surface area contributed by atoms with E-state index >= 15 is 0 Å². The molecule has 20 nitrogen and oxygen atoms in total. The highest BCUT2D eigenvalue weighted by atomic mass is 16.4. The summed E-state index contributed by atoms with van der Waals surface area (Å²) in [6.07, 6.45) is 2.80. The number of hydrogen-bond donors (Lipinski definition) is 10. The largest absolute Gasteiger partial charge is 0.481 e. The molecule has 0 spiro atoms. The van der Waals surface area contributed by atoms with Crippen LogP contribution in [0.3, 0.4) is 0 Å². The third-order valence-electron chi connectivity index (χ3n) is 8.54. The molecule has 0 aromatic carbocycles. The van der Waals surface area contributed by atoms with Crippen molar-refractivity contribution in [2.75, 3.05) is 13.1 Å². The van der Waals surface area contributed by atoms with Gasteiger partial charge in [-0.25, -0.2) is 9.78 Å². The van der Waals surface area contributed by atoms with Crippen LogP contribution in [0.2, 0.25) is 0 Å². The number of nitrogens with one attached hydrogen (secondary N) is 5. The lowest BCUT2D eigenvalue weighted by molar-refractivity contribution is -0.144. The normalized spacial score (nSPS) is 17.0. The van der Waals surface area contributed by atoms with Crippen molar-refractivity contribution in [1.29, 1.82) is 0 Å². The zero-order valence-electron chi connectivity index (χ0n) is 30.0. The summed E-state index contributed by atoms with van der Waals surface area (Å²) in [7, 11) is 0. The Kier molecular flexibility index (Phi) is 16.9. The van der Waals surface area contributed by atoms with Crippen molar-refractivity contribution in [2.24, 2.45) is 34.0 Å². The summed E-state index contributed by atoms with van der Waals surface area (Å²) < 4.78 is 0. The van der Waals surface area contributed by atoms with Gasteiger partial charge in [-0.2, -0.15) is 0 Å². The molecule has 290 valence electrons. The second-order valence-corrected chi connectivity index (χ2v) is 13.4. The van der Waals surface area contributed by atoms with Gasteiger partial charge in [-0.3, -0.25) is 33.8 Å². The average molecular weight is 736 g/mol. The molecule has 1 saturated heterocycles. The van der Waals surface area contributed by atoms with Crippen LogP contribution in [0.15, 0.2) is 17.5 Å². The van der Waals surface area contributed by atoms with E-state index < -0.39 is 84.2 Å². The van der Waals surface area contributed by atoms with Gasteiger partial charge in [-0.15, -0.1) is 0 Å². The molecular formula is C32H53N11O9. The molecule has 2 rings (SSSR count). The van der Waals surface area contributed by atoms with Crippen LogP contribution in [-0.4, -0.2) is 122 Å². The van der Waals surface area contributed by atoms with Gasteiger partial charge in [0.25, 0.3) is 0 Å². The lowest BCUT2D eigenvalue weighted by Gasteiger charge is -2.30. The van der Waals surface area contributed by atoms with Gasteiger partial charge >= 0.3 is 11.9 Å². The van der Waals surface area contributed by atoms with Gasteiger partial charge in [-0.05, 0) is 43.9 Å². The number of carboxylic acids is 2. The van der Waals surface area contributed by atoms with E-state index in [4.69, 9.17) is 17.2 Å². The molecular weight excluding hydrogens is 682 g/mol. The fraction of sp³-hybridized carbons (Fsp3) is 0.656. The van der Waals surface area contributed by atoms with Crippen molar-refractivity contribution in [3.63, 3.8) is 0 Å². The monoisotopic (exact) mass is 735 g/mol. The van der Waals surface area contributed by atoms with Crippen molar-refractivity contribution in [2.45, 2.75) is 109 Å². The number of carbonyl (C=O) groups is 7. The molecule has 1 aromatic heterocycles. The van der Waals surface area contributed by atoms with Crippen molar-refractivity contribution in [1.82, 2.24) is 36.1 Å². The zero-order valence-corrected chi connectivity index (χ0v) is 30.0. The SMILES string of the molecule is CC(C)[C@H](N)C(=O)N1CCC[C@H]1C(=O)N[C@@H](CCCN=C(N)N)C(=O)N[C@@H](Cc1cnc[nH]1)C(=O)N[C@@H](CCC(=O)O)C(=O)N[C@H](C(=O)O)C(C)C. The van der Waals surface area contributed by atoms with Crippen LogP contribution in [0.25, 0.3) is 0 Å². The molecule has 1 aromatic rings. The highest BCUT2D eigenvalue weighted by Gasteiger charge is 2.39. The smallest absolute Gasteiger partial charge is 0.326 e. The Balaban J connectivity index is 2.36. The van der Waals surface area contributed by atoms with E-state index in [1.54, 1.807) is 27.7 Å². The Hall–Kier alpha value is -5.27. The maximum atomic E-state index is 13.9. The predicted octanol–water partition coefficient (Wildman–Crippen LogP) is -2.48. The standard InChI is InChI=1S/C32H53N11O9/c1-16(2)24(33)30(50)43-12-6-8-22(43)29(49)40-19(7-5-11-37-32(34)35)26(46)41-21(13-18-14-36-15-38-18)28(48)39-20(9-10-23(44)45)27(47)42-25(17(3)4)31(51)52/h14-17,19-22,24-25H,5-13,33H2,1-4H3,(H,36,38)(H,39,48)(H,40,49)(H,41,46)(H,42,47)(H,44,45)(H,51,52)(H4,34,35,37)/t19-,20-,21-,22-,24-,25-/m0/s1. The van der Waals surface area contributed by atoms with E-state index in [9.17, 15) is 43.8 Å². The van der Waals surface area contributed by atoms with Gasteiger partial charge < -0.3 is 58.6 Å². The zero-order chi connectivity index (χ0) is 39.1. The highest BCUT2D eigenvalue weighted by Crippen LogP contribution is 2.20. The van der Waals surface area contributed by atoms with Gasteiger partial charge in [0.15, 0.2) is 5.96 Å². The molecule has 5 amide bonds. The molecule has 20 heteroatoms. The summed E-state index contributed by atoms with van der Waals surface area (Å²) in [6, 6.07) is -7.14. The number of aliphatic imine (C=N–C) groups is 1. The Bertz CT molecular complexity index is 1430. The van der Waals surface area contributed by atoms with Gasteiger partial charge in [0.1, 0.15) is 30.2 Å². The summed E-state index contributed by atoms with van der Waals surface area (Å²) in [5.41, 5.74) is 17.4. The Morgan fingerprint density at radius 3 is 2.10 bits per heavy atom. The third-order valence-corrected chi connectivity index (χ3v) is 8.54. The van der Waals surface area contributed by atoms with Gasteiger partial charge in [0.2, 0.25) is 29.5 Å². The van der Waals surface area contributed by atoms with Crippen LogP contribution < -0.4 is 38.5 Å². The number of amides is 5. The molecule has 1 fully saturated rings. The van der Waals surface area contributed by atoms with Crippen LogP contribution in [0.5, 0.6) is 0 Å². The molecule has 0 radical (unpaired) electrons. The maximum absolute atomic E-state index is 13.9. The fourth-order valence-corrected chi connectivity index (χ4v) is 5.49. The molecule has 13 N–H and O–H groups in total. The number of hydrogen-bond acceptors (Lipinski definition) is 10. The number of guanidine groups is 1. The first-order valence-corrected chi connectivity index (χ1v) is 17.2. The quantitative estimate of drug-likeness (QED) is 0.0356. The van der Waals surface area contributed by atoms with Crippen LogP contribution in [-0.2, 0) is 40.0 Å². The van der Waals surface area contributed by atoms with E-state index in [-0.39, 0.29) is 50.0 Å². The second-order valence-electron chi connectivity index (χ2n) is 13.4. The first-order chi connectivity index (χ1) is 24.4. The van der Waals surface area contributed by atoms with Crippen LogP contribution in [0.1, 0.15) is 71.9 Å². The first-order valence-electron chi connectivity index (χ1n) is 17.2. The fourth-order valence-electron chi connectivity index (χ4n) is 5.49. The van der Waals surface area contributed by atoms with Gasteiger partial charge in [0, 0.05) is 37.8 Å². The number of aromatic amines is 1. The maximum Gasteiger partial charge on any atom is 0.326 e. The number of nitrogens with zero attached hydrogens (tertiary/aromatic N) is 3. The molecule has 6 atom stereocenters. The second kappa shape index (κ2) is 20.5. The number of nitrogens with two attached hydrogens (primary N) is 3. The first kappa shape index (κ1) is 42.9. The highest BCUT2D eigenvalue weighted by molar-refractivity contribution is 5.96. The van der Waals surface area contributed by atoms with Gasteiger partial charge in [-0.1, -0.05) is 27.7 Å². The average Bonchev–Trinajstić information content (AvgIpc) is 3.78. The summed E-state index contributed by atoms with van der Waals surface area (Å²) in [6.45, 7) is 7.14. The molecule has 52 heavy (non-hydrogen) atoms. The summed E-state index contributed by atoms with van der Waals surface area (Å²) in [5, 5.41) is 28.9. The molecule has 0 bridgehead atoms. The molecule has 0 aliphatic carbocycles. The lowest BCUT2D eigenvalue weighted by atomic mass is 10.0. The van der Waals surface area contributed by atoms with Crippen molar-refractivity contribution in [3.05, 3.63) is 18.2 Å². The number of carbonyl (C=O) groups excluding carboxylic acids is 5. The minimum absolute atomic E-state index is 0.0222. The third kappa shape index (κ3) is 13.5. The molecule has 1 aliphatic heterocycles. The summed E-state index contributed by atoms with van der Waals surface area (Å²) in [5.74, 6) is -7.07. The molecule has 2 heterocycles. The Morgan fingerprint density at radius 2 is 1.54 bits per heavy atom. The molecule has 0 saturated carbocycles. The van der Waals surface area contributed by atoms with Crippen molar-refractivity contribution < 1.29 is 43.8 Å². The lowest BCUT2D eigenvalue weighted by Crippen LogP contribution is -2.59. The number of aliphatic carboxylic acids is 2. The topological polar surface area (TPSA) is 330 Å². The summed E-state index contributed by atoms with van der Waals surface area (Å²) in [4.78, 5) is 103. The predicted molar refractivity (Wildman–Crippen MR) is 187 cm³/mol. The summed E-state index contributed by atoms with van der Waals surface area (Å²) >= 11 is 0. The van der Waals surface area contributed by atoms with Crippen LogP contribution >= 0.6 is 0 Å². The minimum Gasteiger partial charge on any atom is -0.481 e.